The minimum absolute atomic E-state index is 0.0970. The quantitative estimate of drug-likeness (QED) is 0.756. The molecule has 1 aliphatic heterocycles. The van der Waals surface area contributed by atoms with E-state index in [-0.39, 0.29) is 11.9 Å². The third kappa shape index (κ3) is 2.66. The number of carbonyl (C=O) groups excluding carboxylic acids is 1. The van der Waals surface area contributed by atoms with Gasteiger partial charge in [-0.05, 0) is 12.8 Å². The Labute approximate surface area is 102 Å². The molecule has 1 aromatic heterocycles. The number of amides is 1. The lowest BCUT2D eigenvalue weighted by atomic mass is 10.1. The second-order valence-electron chi connectivity index (χ2n) is 4.16. The zero-order valence-electron chi connectivity index (χ0n) is 9.68. The maximum Gasteiger partial charge on any atom is 0.256 e. The first-order valence-electron chi connectivity index (χ1n) is 5.51. The summed E-state index contributed by atoms with van der Waals surface area (Å²) in [6, 6.07) is 0.0970. The average Bonchev–Trinajstić information content (AvgIpc) is 2.63. The van der Waals surface area contributed by atoms with Crippen molar-refractivity contribution in [2.75, 3.05) is 17.2 Å². The van der Waals surface area contributed by atoms with E-state index in [1.165, 1.54) is 10.9 Å². The van der Waals surface area contributed by atoms with E-state index in [0.717, 1.165) is 12.8 Å². The molecule has 2 rings (SSSR count). The molecule has 1 aromatic rings. The molecule has 1 aliphatic rings. The lowest BCUT2D eigenvalue weighted by Gasteiger charge is -2.22. The number of nitrogens with zero attached hydrogens (tertiary/aromatic N) is 2. The van der Waals surface area contributed by atoms with Crippen LogP contribution in [-0.2, 0) is 17.8 Å². The summed E-state index contributed by atoms with van der Waals surface area (Å²) < 4.78 is 12.7. The van der Waals surface area contributed by atoms with E-state index in [4.69, 9.17) is 5.73 Å². The van der Waals surface area contributed by atoms with Gasteiger partial charge in [0.05, 0.1) is 6.20 Å². The summed E-state index contributed by atoms with van der Waals surface area (Å²) in [7, 11) is 0.977. The van der Waals surface area contributed by atoms with Crippen molar-refractivity contribution in [1.82, 2.24) is 15.1 Å². The minimum Gasteiger partial charge on any atom is -0.383 e. The zero-order chi connectivity index (χ0) is 12.4. The van der Waals surface area contributed by atoms with Crippen molar-refractivity contribution >= 4 is 22.5 Å². The molecule has 0 saturated carbocycles. The van der Waals surface area contributed by atoms with Crippen LogP contribution in [0.4, 0.5) is 5.82 Å². The molecule has 0 aromatic carbocycles. The van der Waals surface area contributed by atoms with Gasteiger partial charge >= 0.3 is 0 Å². The van der Waals surface area contributed by atoms with Crippen LogP contribution in [0, 0.1) is 0 Å². The molecular weight excluding hydrogens is 240 g/mol. The standard InChI is InChI=1S/C10H16N4O2S/c1-14-9(11)8(6-12-14)10(15)13-7-2-4-17(16)5-3-7/h6-7H,2-5,11H2,1H3,(H,13,15). The number of aromatic nitrogens is 2. The lowest BCUT2D eigenvalue weighted by Crippen LogP contribution is -2.39. The normalized spacial score (nSPS) is 24.5. The Balaban J connectivity index is 1.98. The molecule has 3 N–H and O–H groups in total. The van der Waals surface area contributed by atoms with Gasteiger partial charge in [-0.25, -0.2) is 0 Å². The number of hydrogen-bond donors (Lipinski definition) is 2. The Morgan fingerprint density at radius 3 is 2.76 bits per heavy atom. The Morgan fingerprint density at radius 1 is 1.59 bits per heavy atom. The fraction of sp³-hybridized carbons (Fsp3) is 0.600. The third-order valence-electron chi connectivity index (χ3n) is 2.95. The number of nitrogens with two attached hydrogens (primary N) is 1. The van der Waals surface area contributed by atoms with E-state index in [1.807, 2.05) is 0 Å². The monoisotopic (exact) mass is 256 g/mol. The number of carbonyl (C=O) groups is 1. The number of aryl methyl sites for hydroxylation is 1. The van der Waals surface area contributed by atoms with E-state index in [9.17, 15) is 9.00 Å². The van der Waals surface area contributed by atoms with Crippen LogP contribution in [0.15, 0.2) is 6.20 Å². The molecule has 2 heterocycles. The molecule has 0 spiro atoms. The summed E-state index contributed by atoms with van der Waals surface area (Å²) in [5.74, 6) is 1.48. The summed E-state index contributed by atoms with van der Waals surface area (Å²) in [5, 5.41) is 6.83. The van der Waals surface area contributed by atoms with Gasteiger partial charge in [-0.3, -0.25) is 13.7 Å². The van der Waals surface area contributed by atoms with E-state index < -0.39 is 10.8 Å². The molecule has 7 heteroatoms. The second-order valence-corrected chi connectivity index (χ2v) is 5.86. The summed E-state index contributed by atoms with van der Waals surface area (Å²) in [5.41, 5.74) is 6.12. The van der Waals surface area contributed by atoms with E-state index in [1.54, 1.807) is 7.05 Å². The number of nitrogens with one attached hydrogen (secondary N) is 1. The van der Waals surface area contributed by atoms with Gasteiger partial charge in [0, 0.05) is 35.4 Å². The predicted molar refractivity (Wildman–Crippen MR) is 66.0 cm³/mol. The molecule has 0 aliphatic carbocycles. The van der Waals surface area contributed by atoms with Crippen LogP contribution in [-0.4, -0.2) is 37.4 Å². The van der Waals surface area contributed by atoms with Crippen LogP contribution in [0.3, 0.4) is 0 Å². The van der Waals surface area contributed by atoms with Gasteiger partial charge in [0.1, 0.15) is 11.4 Å². The molecule has 1 amide bonds. The van der Waals surface area contributed by atoms with Crippen LogP contribution in [0.25, 0.3) is 0 Å². The fourth-order valence-electron chi connectivity index (χ4n) is 1.82. The molecule has 17 heavy (non-hydrogen) atoms. The maximum atomic E-state index is 11.9. The summed E-state index contributed by atoms with van der Waals surface area (Å²) >= 11 is 0. The van der Waals surface area contributed by atoms with Crippen molar-refractivity contribution in [3.63, 3.8) is 0 Å². The highest BCUT2D eigenvalue weighted by Crippen LogP contribution is 2.13. The average molecular weight is 256 g/mol. The van der Waals surface area contributed by atoms with E-state index in [0.29, 0.717) is 22.9 Å². The summed E-state index contributed by atoms with van der Waals surface area (Å²) in [4.78, 5) is 11.9. The molecule has 6 nitrogen and oxygen atoms in total. The lowest BCUT2D eigenvalue weighted by molar-refractivity contribution is 0.0935. The van der Waals surface area contributed by atoms with Crippen molar-refractivity contribution in [2.45, 2.75) is 18.9 Å². The molecule has 0 unspecified atom stereocenters. The van der Waals surface area contributed by atoms with Crippen LogP contribution in [0.2, 0.25) is 0 Å². The first-order valence-corrected chi connectivity index (χ1v) is 7.00. The molecule has 0 atom stereocenters. The number of hydrogen-bond acceptors (Lipinski definition) is 4. The van der Waals surface area contributed by atoms with Crippen molar-refractivity contribution < 1.29 is 9.00 Å². The van der Waals surface area contributed by atoms with Crippen molar-refractivity contribution in [3.05, 3.63) is 11.8 Å². The molecule has 1 fully saturated rings. The number of rotatable bonds is 2. The van der Waals surface area contributed by atoms with Crippen LogP contribution in [0.5, 0.6) is 0 Å². The first kappa shape index (κ1) is 12.1. The zero-order valence-corrected chi connectivity index (χ0v) is 10.5. The highest BCUT2D eigenvalue weighted by atomic mass is 32.2. The molecule has 0 radical (unpaired) electrons. The van der Waals surface area contributed by atoms with Crippen LogP contribution < -0.4 is 11.1 Å². The second kappa shape index (κ2) is 4.87. The van der Waals surface area contributed by atoms with Gasteiger partial charge < -0.3 is 11.1 Å². The van der Waals surface area contributed by atoms with Gasteiger partial charge in [0.15, 0.2) is 0 Å². The van der Waals surface area contributed by atoms with Crippen molar-refractivity contribution in [2.24, 2.45) is 7.05 Å². The third-order valence-corrected chi connectivity index (χ3v) is 4.33. The topological polar surface area (TPSA) is 90.0 Å². The van der Waals surface area contributed by atoms with Gasteiger partial charge in [0.25, 0.3) is 5.91 Å². The highest BCUT2D eigenvalue weighted by Gasteiger charge is 2.21. The molecule has 1 saturated heterocycles. The van der Waals surface area contributed by atoms with Crippen molar-refractivity contribution in [3.8, 4) is 0 Å². The molecular formula is C10H16N4O2S. The van der Waals surface area contributed by atoms with Crippen LogP contribution in [0.1, 0.15) is 23.2 Å². The Morgan fingerprint density at radius 2 is 2.24 bits per heavy atom. The smallest absolute Gasteiger partial charge is 0.256 e. The predicted octanol–water partition coefficient (Wildman–Crippen LogP) is -0.357. The van der Waals surface area contributed by atoms with Gasteiger partial charge in [-0.1, -0.05) is 0 Å². The maximum absolute atomic E-state index is 11.9. The Bertz CT molecular complexity index is 447. The Kier molecular flexibility index (Phi) is 3.46. The van der Waals surface area contributed by atoms with Crippen molar-refractivity contribution in [1.29, 1.82) is 0 Å². The van der Waals surface area contributed by atoms with E-state index >= 15 is 0 Å². The molecule has 0 bridgehead atoms. The molecule has 94 valence electrons. The number of anilines is 1. The minimum atomic E-state index is -0.713. The number of nitrogen functional groups attached to an aromatic ring is 1. The SMILES string of the molecule is Cn1ncc(C(=O)NC2CCS(=O)CC2)c1N. The van der Waals surface area contributed by atoms with Gasteiger partial charge in [0.2, 0.25) is 0 Å². The fourth-order valence-corrected chi connectivity index (χ4v) is 3.12. The Hall–Kier alpha value is -1.37. The highest BCUT2D eigenvalue weighted by molar-refractivity contribution is 7.85. The largest absolute Gasteiger partial charge is 0.383 e. The van der Waals surface area contributed by atoms with E-state index in [2.05, 4.69) is 10.4 Å². The summed E-state index contributed by atoms with van der Waals surface area (Å²) in [6.45, 7) is 0. The van der Waals surface area contributed by atoms with Gasteiger partial charge in [-0.15, -0.1) is 0 Å². The first-order chi connectivity index (χ1) is 8.08. The summed E-state index contributed by atoms with van der Waals surface area (Å²) in [6.07, 6.45) is 2.99. The van der Waals surface area contributed by atoms with Gasteiger partial charge in [-0.2, -0.15) is 5.10 Å². The van der Waals surface area contributed by atoms with Crippen LogP contribution >= 0.6 is 0 Å².